The summed E-state index contributed by atoms with van der Waals surface area (Å²) in [6.45, 7) is 7.17. The van der Waals surface area contributed by atoms with Gasteiger partial charge in [-0.2, -0.15) is 0 Å². The fourth-order valence-electron chi connectivity index (χ4n) is 2.66. The van der Waals surface area contributed by atoms with E-state index in [0.717, 1.165) is 31.1 Å². The van der Waals surface area contributed by atoms with Crippen molar-refractivity contribution in [1.82, 2.24) is 15.2 Å². The summed E-state index contributed by atoms with van der Waals surface area (Å²) in [7, 11) is 0. The van der Waals surface area contributed by atoms with Crippen molar-refractivity contribution in [2.45, 2.75) is 45.2 Å². The topological polar surface area (TPSA) is 37.4 Å². The quantitative estimate of drug-likeness (QED) is 0.827. The molecule has 1 aliphatic carbocycles. The first kappa shape index (κ1) is 13.8. The Morgan fingerprint density at radius 2 is 2.15 bits per heavy atom. The normalized spacial score (nSPS) is 19.4. The van der Waals surface area contributed by atoms with Crippen LogP contribution in [0.15, 0.2) is 12.3 Å². The summed E-state index contributed by atoms with van der Waals surface area (Å²) in [5.41, 5.74) is 2.21. The summed E-state index contributed by atoms with van der Waals surface area (Å²) in [5, 5.41) is 3.53. The van der Waals surface area contributed by atoms with Gasteiger partial charge in [-0.15, -0.1) is 0 Å². The van der Waals surface area contributed by atoms with Gasteiger partial charge in [0, 0.05) is 42.7 Å². The summed E-state index contributed by atoms with van der Waals surface area (Å²) < 4.78 is 6.01. The van der Waals surface area contributed by atoms with Crippen LogP contribution >= 0.6 is 0 Å². The van der Waals surface area contributed by atoms with Gasteiger partial charge in [-0.25, -0.2) is 0 Å². The fraction of sp³-hybridized carbons (Fsp3) is 0.688. The molecule has 2 heterocycles. The molecule has 20 heavy (non-hydrogen) atoms. The van der Waals surface area contributed by atoms with Gasteiger partial charge in [0.1, 0.15) is 12.4 Å². The number of hydrogen-bond donors (Lipinski definition) is 1. The Hall–Kier alpha value is -1.13. The van der Waals surface area contributed by atoms with Crippen molar-refractivity contribution >= 4 is 0 Å². The molecule has 1 saturated carbocycles. The van der Waals surface area contributed by atoms with E-state index in [1.165, 1.54) is 44.3 Å². The van der Waals surface area contributed by atoms with Crippen LogP contribution in [0.4, 0.5) is 0 Å². The third kappa shape index (κ3) is 3.93. The molecule has 0 aromatic carbocycles. The van der Waals surface area contributed by atoms with Gasteiger partial charge < -0.3 is 10.1 Å². The second-order valence-corrected chi connectivity index (χ2v) is 5.99. The van der Waals surface area contributed by atoms with Crippen LogP contribution in [-0.2, 0) is 6.54 Å². The maximum absolute atomic E-state index is 6.01. The molecule has 4 nitrogen and oxygen atoms in total. The first-order valence-electron chi connectivity index (χ1n) is 7.85. The van der Waals surface area contributed by atoms with E-state index < -0.39 is 0 Å². The van der Waals surface area contributed by atoms with Crippen LogP contribution < -0.4 is 10.1 Å². The molecule has 4 heteroatoms. The highest BCUT2D eigenvalue weighted by Crippen LogP contribution is 2.23. The first-order valence-corrected chi connectivity index (χ1v) is 7.85. The summed E-state index contributed by atoms with van der Waals surface area (Å²) in [6.07, 6.45) is 7.25. The summed E-state index contributed by atoms with van der Waals surface area (Å²) in [5.74, 6) is 1.00. The minimum absolute atomic E-state index is 0.716. The molecule has 110 valence electrons. The lowest BCUT2D eigenvalue weighted by Gasteiger charge is -2.17. The molecule has 0 spiro atoms. The number of nitrogens with one attached hydrogen (secondary N) is 1. The fourth-order valence-corrected chi connectivity index (χ4v) is 2.66. The number of pyridine rings is 1. The maximum atomic E-state index is 6.01. The molecule has 1 saturated heterocycles. The van der Waals surface area contributed by atoms with E-state index >= 15 is 0 Å². The van der Waals surface area contributed by atoms with Crippen LogP contribution in [0.1, 0.15) is 36.9 Å². The van der Waals surface area contributed by atoms with Gasteiger partial charge in [-0.1, -0.05) is 0 Å². The molecule has 3 rings (SSSR count). The van der Waals surface area contributed by atoms with Crippen molar-refractivity contribution < 1.29 is 4.74 Å². The number of hydrogen-bond acceptors (Lipinski definition) is 4. The van der Waals surface area contributed by atoms with Gasteiger partial charge in [0.15, 0.2) is 0 Å². The zero-order chi connectivity index (χ0) is 13.8. The number of likely N-dealkylation sites (tertiary alicyclic amines) is 1. The smallest absolute Gasteiger partial charge is 0.127 e. The van der Waals surface area contributed by atoms with Crippen LogP contribution in [-0.4, -0.2) is 42.2 Å². The molecule has 0 amide bonds. The third-order valence-electron chi connectivity index (χ3n) is 4.10. The van der Waals surface area contributed by atoms with E-state index in [4.69, 9.17) is 4.74 Å². The second-order valence-electron chi connectivity index (χ2n) is 5.99. The molecule has 0 radical (unpaired) electrons. The molecular formula is C16H25N3O. The van der Waals surface area contributed by atoms with Crippen LogP contribution in [0.3, 0.4) is 0 Å². The van der Waals surface area contributed by atoms with E-state index in [0.29, 0.717) is 6.04 Å². The maximum Gasteiger partial charge on any atom is 0.127 e. The Kier molecular flexibility index (Phi) is 4.53. The highest BCUT2D eigenvalue weighted by atomic mass is 16.5. The highest BCUT2D eigenvalue weighted by molar-refractivity contribution is 5.33. The Morgan fingerprint density at radius 1 is 1.35 bits per heavy atom. The van der Waals surface area contributed by atoms with Crippen LogP contribution in [0.2, 0.25) is 0 Å². The average molecular weight is 275 g/mol. The lowest BCUT2D eigenvalue weighted by Crippen LogP contribution is -2.25. The number of rotatable bonds is 7. The largest absolute Gasteiger partial charge is 0.492 e. The van der Waals surface area contributed by atoms with Gasteiger partial charge >= 0.3 is 0 Å². The van der Waals surface area contributed by atoms with Gasteiger partial charge in [0.05, 0.1) is 0 Å². The number of ether oxygens (including phenoxy) is 1. The van der Waals surface area contributed by atoms with Crippen molar-refractivity contribution in [2.24, 2.45) is 0 Å². The lowest BCUT2D eigenvalue weighted by atomic mass is 10.2. The monoisotopic (exact) mass is 275 g/mol. The van der Waals surface area contributed by atoms with E-state index in [-0.39, 0.29) is 0 Å². The average Bonchev–Trinajstić information content (AvgIpc) is 3.13. The van der Waals surface area contributed by atoms with Crippen LogP contribution in [0.25, 0.3) is 0 Å². The zero-order valence-electron chi connectivity index (χ0n) is 12.4. The number of nitrogens with zero attached hydrogens (tertiary/aromatic N) is 2. The zero-order valence-corrected chi connectivity index (χ0v) is 12.4. The van der Waals surface area contributed by atoms with Crippen LogP contribution in [0.5, 0.6) is 5.75 Å². The van der Waals surface area contributed by atoms with Gasteiger partial charge in [-0.05, 0) is 45.7 Å². The molecular weight excluding hydrogens is 250 g/mol. The molecule has 0 atom stereocenters. The van der Waals surface area contributed by atoms with Crippen LogP contribution in [0, 0.1) is 6.92 Å². The third-order valence-corrected chi connectivity index (χ3v) is 4.10. The van der Waals surface area contributed by atoms with Crippen molar-refractivity contribution in [3.05, 3.63) is 23.5 Å². The highest BCUT2D eigenvalue weighted by Gasteiger charge is 2.20. The summed E-state index contributed by atoms with van der Waals surface area (Å²) in [4.78, 5) is 6.88. The number of aryl methyl sites for hydroxylation is 1. The standard InChI is InChI=1S/C16H25N3O/c1-13-10-16(20-9-8-19-6-2-3-7-19)14(11-17-13)12-18-15-4-5-15/h10-11,15,18H,2-9,12H2,1H3. The summed E-state index contributed by atoms with van der Waals surface area (Å²) in [6, 6.07) is 2.78. The van der Waals surface area contributed by atoms with Crippen molar-refractivity contribution in [2.75, 3.05) is 26.2 Å². The second kappa shape index (κ2) is 6.55. The van der Waals surface area contributed by atoms with E-state index in [2.05, 4.69) is 21.3 Å². The summed E-state index contributed by atoms with van der Waals surface area (Å²) >= 11 is 0. The minimum atomic E-state index is 0.716. The molecule has 1 aromatic rings. The van der Waals surface area contributed by atoms with Gasteiger partial charge in [0.2, 0.25) is 0 Å². The first-order chi connectivity index (χ1) is 9.81. The Bertz CT molecular complexity index is 439. The van der Waals surface area contributed by atoms with Crippen molar-refractivity contribution in [3.63, 3.8) is 0 Å². The lowest BCUT2D eigenvalue weighted by molar-refractivity contribution is 0.236. The Labute approximate surface area is 121 Å². The van der Waals surface area contributed by atoms with E-state index in [1.54, 1.807) is 0 Å². The molecule has 2 fully saturated rings. The van der Waals surface area contributed by atoms with Crippen molar-refractivity contribution in [3.8, 4) is 5.75 Å². The minimum Gasteiger partial charge on any atom is -0.492 e. The molecule has 1 N–H and O–H groups in total. The molecule has 0 bridgehead atoms. The van der Waals surface area contributed by atoms with Gasteiger partial charge in [-0.3, -0.25) is 9.88 Å². The van der Waals surface area contributed by atoms with Crippen molar-refractivity contribution in [1.29, 1.82) is 0 Å². The van der Waals surface area contributed by atoms with E-state index in [1.807, 2.05) is 13.1 Å². The molecule has 2 aliphatic rings. The molecule has 1 aromatic heterocycles. The SMILES string of the molecule is Cc1cc(OCCN2CCCC2)c(CNC2CC2)cn1. The Balaban J connectivity index is 1.53. The van der Waals surface area contributed by atoms with E-state index in [9.17, 15) is 0 Å². The van der Waals surface area contributed by atoms with Gasteiger partial charge in [0.25, 0.3) is 0 Å². The molecule has 1 aliphatic heterocycles. The number of aromatic nitrogens is 1. The predicted octanol–water partition coefficient (Wildman–Crippen LogP) is 2.12. The molecule has 0 unspecified atom stereocenters. The Morgan fingerprint density at radius 3 is 2.90 bits per heavy atom. The predicted molar refractivity (Wildman–Crippen MR) is 80.0 cm³/mol.